The van der Waals surface area contributed by atoms with Crippen LogP contribution >= 0.6 is 0 Å². The summed E-state index contributed by atoms with van der Waals surface area (Å²) in [5.41, 5.74) is 9.36. The third-order valence-electron chi connectivity index (χ3n) is 3.15. The van der Waals surface area contributed by atoms with Gasteiger partial charge in [0.25, 0.3) is 0 Å². The third-order valence-corrected chi connectivity index (χ3v) is 3.15. The van der Waals surface area contributed by atoms with Crippen molar-refractivity contribution in [1.82, 2.24) is 4.98 Å². The van der Waals surface area contributed by atoms with Gasteiger partial charge in [0.05, 0.1) is 6.61 Å². The molecule has 3 N–H and O–H groups in total. The summed E-state index contributed by atoms with van der Waals surface area (Å²) >= 11 is 0. The quantitative estimate of drug-likeness (QED) is 0.820. The molecule has 2 rings (SSSR count). The second kappa shape index (κ2) is 6.28. The lowest BCUT2D eigenvalue weighted by Gasteiger charge is -2.01. The Balaban J connectivity index is 2.25. The minimum absolute atomic E-state index is 0.338. The van der Waals surface area contributed by atoms with Gasteiger partial charge in [-0.25, -0.2) is 4.79 Å². The second-order valence-corrected chi connectivity index (χ2v) is 4.68. The Morgan fingerprint density at radius 3 is 2.55 bits per heavy atom. The van der Waals surface area contributed by atoms with Gasteiger partial charge >= 0.3 is 5.97 Å². The first-order valence-corrected chi connectivity index (χ1v) is 6.90. The van der Waals surface area contributed by atoms with Crippen LogP contribution in [0.2, 0.25) is 0 Å². The summed E-state index contributed by atoms with van der Waals surface area (Å²) in [6, 6.07) is 10.00. The number of hydrogen-bond donors (Lipinski definition) is 2. The fraction of sp³-hybridized carbons (Fsp3) is 0.312. The van der Waals surface area contributed by atoms with Gasteiger partial charge in [0, 0.05) is 5.69 Å². The summed E-state index contributed by atoms with van der Waals surface area (Å²) in [6.45, 7) is 4.27. The van der Waals surface area contributed by atoms with E-state index in [4.69, 9.17) is 10.5 Å². The molecule has 0 bridgehead atoms. The van der Waals surface area contributed by atoms with Gasteiger partial charge in [-0.3, -0.25) is 0 Å². The van der Waals surface area contributed by atoms with Crippen LogP contribution in [-0.4, -0.2) is 17.6 Å². The van der Waals surface area contributed by atoms with E-state index in [1.165, 1.54) is 5.56 Å². The molecule has 4 heteroatoms. The van der Waals surface area contributed by atoms with Crippen LogP contribution in [-0.2, 0) is 11.2 Å². The number of ether oxygens (including phenoxy) is 1. The van der Waals surface area contributed by atoms with Crippen LogP contribution in [0.4, 0.5) is 5.82 Å². The second-order valence-electron chi connectivity index (χ2n) is 4.68. The minimum Gasteiger partial charge on any atom is -0.462 e. The van der Waals surface area contributed by atoms with Gasteiger partial charge in [0.1, 0.15) is 11.4 Å². The molecule has 0 amide bonds. The first-order valence-electron chi connectivity index (χ1n) is 6.90. The summed E-state index contributed by atoms with van der Waals surface area (Å²) < 4.78 is 4.97. The number of H-pyrrole nitrogens is 1. The van der Waals surface area contributed by atoms with E-state index in [-0.39, 0.29) is 0 Å². The van der Waals surface area contributed by atoms with Gasteiger partial charge in [-0.05, 0) is 30.5 Å². The highest BCUT2D eigenvalue weighted by atomic mass is 16.5. The first-order chi connectivity index (χ1) is 9.65. The number of benzene rings is 1. The van der Waals surface area contributed by atoms with E-state index in [9.17, 15) is 4.79 Å². The molecule has 4 nitrogen and oxygen atoms in total. The van der Waals surface area contributed by atoms with E-state index < -0.39 is 5.97 Å². The fourth-order valence-corrected chi connectivity index (χ4v) is 2.14. The highest BCUT2D eigenvalue weighted by Gasteiger charge is 2.15. The monoisotopic (exact) mass is 272 g/mol. The van der Waals surface area contributed by atoms with Gasteiger partial charge in [-0.1, -0.05) is 37.6 Å². The van der Waals surface area contributed by atoms with Crippen LogP contribution in [0.1, 0.15) is 36.2 Å². The van der Waals surface area contributed by atoms with E-state index in [1.807, 2.05) is 12.1 Å². The zero-order chi connectivity index (χ0) is 14.5. The summed E-state index contributed by atoms with van der Waals surface area (Å²) in [5, 5.41) is 0. The number of anilines is 1. The van der Waals surface area contributed by atoms with E-state index in [1.54, 1.807) is 13.0 Å². The number of rotatable bonds is 5. The Morgan fingerprint density at radius 2 is 1.95 bits per heavy atom. The molecule has 1 aromatic heterocycles. The maximum atomic E-state index is 11.7. The summed E-state index contributed by atoms with van der Waals surface area (Å²) in [7, 11) is 0. The summed E-state index contributed by atoms with van der Waals surface area (Å²) in [6.07, 6.45) is 2.20. The van der Waals surface area contributed by atoms with Crippen molar-refractivity contribution in [3.05, 3.63) is 41.5 Å². The fourth-order valence-electron chi connectivity index (χ4n) is 2.14. The largest absolute Gasteiger partial charge is 0.462 e. The summed E-state index contributed by atoms with van der Waals surface area (Å²) in [5.74, 6) is -0.0498. The molecule has 106 valence electrons. The maximum Gasteiger partial charge on any atom is 0.341 e. The molecule has 0 spiro atoms. The third kappa shape index (κ3) is 3.02. The molecular formula is C16H20N2O2. The SMILES string of the molecule is CCCc1ccc(-c2cc(C(=O)OCC)c(N)[nH]2)cc1. The number of esters is 1. The van der Waals surface area contributed by atoms with Crippen molar-refractivity contribution in [3.8, 4) is 11.3 Å². The molecule has 0 aliphatic carbocycles. The van der Waals surface area contributed by atoms with E-state index in [0.717, 1.165) is 24.1 Å². The van der Waals surface area contributed by atoms with E-state index in [0.29, 0.717) is 18.0 Å². The first kappa shape index (κ1) is 14.2. The minimum atomic E-state index is -0.393. The average Bonchev–Trinajstić information content (AvgIpc) is 2.82. The summed E-state index contributed by atoms with van der Waals surface area (Å²) in [4.78, 5) is 14.8. The normalized spacial score (nSPS) is 10.5. The molecule has 2 aromatic rings. The van der Waals surface area contributed by atoms with Crippen LogP contribution in [0, 0.1) is 0 Å². The van der Waals surface area contributed by atoms with Crippen molar-refractivity contribution >= 4 is 11.8 Å². The number of carbonyl (C=O) groups excluding carboxylic acids is 1. The molecule has 0 fully saturated rings. The number of aryl methyl sites for hydroxylation is 1. The van der Waals surface area contributed by atoms with Crippen LogP contribution in [0.3, 0.4) is 0 Å². The van der Waals surface area contributed by atoms with Crippen LogP contribution in [0.5, 0.6) is 0 Å². The number of nitrogens with two attached hydrogens (primary N) is 1. The molecule has 0 atom stereocenters. The zero-order valence-electron chi connectivity index (χ0n) is 11.9. The van der Waals surface area contributed by atoms with Crippen molar-refractivity contribution in [3.63, 3.8) is 0 Å². The van der Waals surface area contributed by atoms with E-state index in [2.05, 4.69) is 24.0 Å². The number of nitrogen functional groups attached to an aromatic ring is 1. The Morgan fingerprint density at radius 1 is 1.25 bits per heavy atom. The van der Waals surface area contributed by atoms with Crippen molar-refractivity contribution in [2.24, 2.45) is 0 Å². The highest BCUT2D eigenvalue weighted by molar-refractivity contribution is 5.96. The molecule has 1 heterocycles. The van der Waals surface area contributed by atoms with Crippen molar-refractivity contribution in [1.29, 1.82) is 0 Å². The van der Waals surface area contributed by atoms with Gasteiger partial charge in [0.2, 0.25) is 0 Å². The van der Waals surface area contributed by atoms with Crippen LogP contribution in [0.25, 0.3) is 11.3 Å². The number of hydrogen-bond acceptors (Lipinski definition) is 3. The number of aromatic nitrogens is 1. The maximum absolute atomic E-state index is 11.7. The molecule has 0 saturated carbocycles. The predicted octanol–water partition coefficient (Wildman–Crippen LogP) is 3.39. The Labute approximate surface area is 119 Å². The molecule has 0 unspecified atom stereocenters. The Kier molecular flexibility index (Phi) is 4.45. The van der Waals surface area contributed by atoms with Crippen molar-refractivity contribution in [2.75, 3.05) is 12.3 Å². The van der Waals surface area contributed by atoms with Gasteiger partial charge in [0.15, 0.2) is 0 Å². The van der Waals surface area contributed by atoms with Crippen LogP contribution in [0.15, 0.2) is 30.3 Å². The smallest absolute Gasteiger partial charge is 0.341 e. The van der Waals surface area contributed by atoms with Crippen LogP contribution < -0.4 is 5.73 Å². The number of carbonyl (C=O) groups is 1. The Hall–Kier alpha value is -2.23. The molecule has 1 aromatic carbocycles. The van der Waals surface area contributed by atoms with Crippen molar-refractivity contribution in [2.45, 2.75) is 26.7 Å². The molecule has 20 heavy (non-hydrogen) atoms. The molecule has 0 aliphatic heterocycles. The number of nitrogens with one attached hydrogen (secondary N) is 1. The topological polar surface area (TPSA) is 68.1 Å². The highest BCUT2D eigenvalue weighted by Crippen LogP contribution is 2.24. The predicted molar refractivity (Wildman–Crippen MR) is 80.6 cm³/mol. The standard InChI is InChI=1S/C16H20N2O2/c1-3-5-11-6-8-12(9-7-11)14-10-13(15(17)18-14)16(19)20-4-2/h6-10,18H,3-5,17H2,1-2H3. The van der Waals surface area contributed by atoms with Gasteiger partial charge in [-0.2, -0.15) is 0 Å². The van der Waals surface area contributed by atoms with Gasteiger partial charge < -0.3 is 15.5 Å². The Bertz CT molecular complexity index is 585. The lowest BCUT2D eigenvalue weighted by Crippen LogP contribution is -2.05. The lowest BCUT2D eigenvalue weighted by molar-refractivity contribution is 0.0528. The zero-order valence-corrected chi connectivity index (χ0v) is 11.9. The van der Waals surface area contributed by atoms with Crippen molar-refractivity contribution < 1.29 is 9.53 Å². The number of aromatic amines is 1. The van der Waals surface area contributed by atoms with E-state index >= 15 is 0 Å². The molecule has 0 aliphatic rings. The molecule has 0 radical (unpaired) electrons. The molecule has 0 saturated heterocycles. The van der Waals surface area contributed by atoms with Gasteiger partial charge in [-0.15, -0.1) is 0 Å². The lowest BCUT2D eigenvalue weighted by atomic mass is 10.1. The average molecular weight is 272 g/mol. The molecular weight excluding hydrogens is 252 g/mol.